The molecule has 0 spiro atoms. The Hall–Kier alpha value is -0.550. The van der Waals surface area contributed by atoms with Crippen LogP contribution < -0.4 is 4.74 Å². The number of hydrogen-bond acceptors (Lipinski definition) is 3. The first-order valence-corrected chi connectivity index (χ1v) is 9.02. The molecule has 2 rings (SSSR count). The summed E-state index contributed by atoms with van der Waals surface area (Å²) in [7, 11) is -2.85. The van der Waals surface area contributed by atoms with Crippen molar-refractivity contribution in [1.82, 2.24) is 0 Å². The summed E-state index contributed by atoms with van der Waals surface area (Å²) >= 11 is 3.51. The molecule has 19 heavy (non-hydrogen) atoms. The van der Waals surface area contributed by atoms with Crippen LogP contribution in [0.1, 0.15) is 30.4 Å². The number of rotatable bonds is 6. The number of hydrogen-bond donors (Lipinski definition) is 0. The number of aryl methyl sites for hydroxylation is 2. The number of halogens is 1. The van der Waals surface area contributed by atoms with Crippen molar-refractivity contribution in [2.45, 2.75) is 38.4 Å². The van der Waals surface area contributed by atoms with Crippen molar-refractivity contribution in [3.05, 3.63) is 27.7 Å². The van der Waals surface area contributed by atoms with Crippen LogP contribution in [0, 0.1) is 13.8 Å². The van der Waals surface area contributed by atoms with Crippen molar-refractivity contribution in [2.75, 3.05) is 12.4 Å². The van der Waals surface area contributed by atoms with Gasteiger partial charge in [0.15, 0.2) is 9.84 Å². The summed E-state index contributed by atoms with van der Waals surface area (Å²) in [6.07, 6.45) is 2.25. The van der Waals surface area contributed by atoms with Gasteiger partial charge in [-0.15, -0.1) is 0 Å². The highest BCUT2D eigenvalue weighted by molar-refractivity contribution is 9.10. The summed E-state index contributed by atoms with van der Waals surface area (Å²) < 4.78 is 30.1. The zero-order valence-corrected chi connectivity index (χ0v) is 13.7. The molecule has 0 radical (unpaired) electrons. The minimum absolute atomic E-state index is 0.0651. The van der Waals surface area contributed by atoms with E-state index in [9.17, 15) is 8.42 Å². The molecule has 0 N–H and O–H groups in total. The molecule has 1 aromatic carbocycles. The third-order valence-corrected chi connectivity index (χ3v) is 6.88. The smallest absolute Gasteiger partial charge is 0.153 e. The molecule has 1 aromatic rings. The SMILES string of the molecule is Cc1cc(OCCCS(=O)(=O)C2CC2)cc(C)c1Br. The maximum absolute atomic E-state index is 11.7. The Kier molecular flexibility index (Phi) is 4.56. The molecule has 0 saturated heterocycles. The maximum atomic E-state index is 11.7. The Morgan fingerprint density at radius 2 is 1.84 bits per heavy atom. The lowest BCUT2D eigenvalue weighted by molar-refractivity contribution is 0.317. The molecule has 3 nitrogen and oxygen atoms in total. The van der Waals surface area contributed by atoms with E-state index in [1.807, 2.05) is 26.0 Å². The van der Waals surface area contributed by atoms with Crippen molar-refractivity contribution >= 4 is 25.8 Å². The number of sulfone groups is 1. The lowest BCUT2D eigenvalue weighted by Gasteiger charge is -2.10. The van der Waals surface area contributed by atoms with E-state index in [-0.39, 0.29) is 11.0 Å². The van der Waals surface area contributed by atoms with E-state index in [0.29, 0.717) is 13.0 Å². The van der Waals surface area contributed by atoms with Crippen LogP contribution >= 0.6 is 15.9 Å². The Morgan fingerprint density at radius 1 is 1.26 bits per heavy atom. The van der Waals surface area contributed by atoms with Crippen LogP contribution in [0.3, 0.4) is 0 Å². The zero-order chi connectivity index (χ0) is 14.0. The normalized spacial score (nSPS) is 15.5. The molecule has 0 unspecified atom stereocenters. The minimum atomic E-state index is -2.85. The first kappa shape index (κ1) is 14.9. The lowest BCUT2D eigenvalue weighted by atomic mass is 10.1. The summed E-state index contributed by atoms with van der Waals surface area (Å²) in [5, 5.41) is -0.0651. The highest BCUT2D eigenvalue weighted by atomic mass is 79.9. The van der Waals surface area contributed by atoms with Gasteiger partial charge in [0.1, 0.15) is 5.75 Å². The molecule has 0 bridgehead atoms. The molecule has 0 heterocycles. The highest BCUT2D eigenvalue weighted by Crippen LogP contribution is 2.29. The second kappa shape index (κ2) is 5.83. The van der Waals surface area contributed by atoms with Crippen molar-refractivity contribution in [1.29, 1.82) is 0 Å². The molecule has 0 aromatic heterocycles. The van der Waals surface area contributed by atoms with E-state index in [2.05, 4.69) is 15.9 Å². The fraction of sp³-hybridized carbons (Fsp3) is 0.571. The van der Waals surface area contributed by atoms with Crippen LogP contribution in [0.15, 0.2) is 16.6 Å². The summed E-state index contributed by atoms with van der Waals surface area (Å²) in [5.74, 6) is 1.05. The quantitative estimate of drug-likeness (QED) is 0.741. The predicted molar refractivity (Wildman–Crippen MR) is 80.5 cm³/mol. The summed E-state index contributed by atoms with van der Waals surface area (Å²) in [6.45, 7) is 4.48. The van der Waals surface area contributed by atoms with E-state index in [1.165, 1.54) is 0 Å². The molecule has 0 aliphatic heterocycles. The van der Waals surface area contributed by atoms with Crippen LogP contribution in [0.4, 0.5) is 0 Å². The van der Waals surface area contributed by atoms with Crippen LogP contribution in [0.5, 0.6) is 5.75 Å². The molecule has 1 aliphatic carbocycles. The first-order chi connectivity index (χ1) is 8.90. The van der Waals surface area contributed by atoms with Crippen LogP contribution in [0.25, 0.3) is 0 Å². The molecule has 0 atom stereocenters. The van der Waals surface area contributed by atoms with Gasteiger partial charge in [0.05, 0.1) is 17.6 Å². The Bertz CT molecular complexity index is 539. The van der Waals surface area contributed by atoms with Crippen molar-refractivity contribution in [3.8, 4) is 5.75 Å². The van der Waals surface area contributed by atoms with E-state index < -0.39 is 9.84 Å². The van der Waals surface area contributed by atoms with Crippen LogP contribution in [-0.2, 0) is 9.84 Å². The van der Waals surface area contributed by atoms with Crippen molar-refractivity contribution < 1.29 is 13.2 Å². The van der Waals surface area contributed by atoms with Crippen molar-refractivity contribution in [3.63, 3.8) is 0 Å². The van der Waals surface area contributed by atoms with Crippen LogP contribution in [0.2, 0.25) is 0 Å². The molecular weight excluding hydrogens is 328 g/mol. The highest BCUT2D eigenvalue weighted by Gasteiger charge is 2.34. The second-order valence-corrected chi connectivity index (χ2v) is 8.33. The van der Waals surface area contributed by atoms with Gasteiger partial charge in [0, 0.05) is 4.47 Å². The summed E-state index contributed by atoms with van der Waals surface area (Å²) in [4.78, 5) is 0. The first-order valence-electron chi connectivity index (χ1n) is 6.51. The van der Waals surface area contributed by atoms with Gasteiger partial charge in [-0.3, -0.25) is 0 Å². The molecule has 1 fully saturated rings. The topological polar surface area (TPSA) is 43.4 Å². The zero-order valence-electron chi connectivity index (χ0n) is 11.3. The van der Waals surface area contributed by atoms with Gasteiger partial charge in [0.25, 0.3) is 0 Å². The standard InChI is InChI=1S/C14H19BrO3S/c1-10-8-12(9-11(2)14(10)15)18-6-3-7-19(16,17)13-4-5-13/h8-9,13H,3-7H2,1-2H3. The molecule has 0 amide bonds. The monoisotopic (exact) mass is 346 g/mol. The van der Waals surface area contributed by atoms with Crippen LogP contribution in [-0.4, -0.2) is 26.0 Å². The fourth-order valence-electron chi connectivity index (χ4n) is 2.03. The average Bonchev–Trinajstić information content (AvgIpc) is 3.16. The second-order valence-electron chi connectivity index (χ2n) is 5.14. The molecule has 1 aliphatic rings. The van der Waals surface area contributed by atoms with Crippen molar-refractivity contribution in [2.24, 2.45) is 0 Å². The molecular formula is C14H19BrO3S. The Balaban J connectivity index is 1.83. The Labute approximate surface area is 123 Å². The number of benzene rings is 1. The summed E-state index contributed by atoms with van der Waals surface area (Å²) in [6, 6.07) is 3.93. The number of ether oxygens (including phenoxy) is 1. The van der Waals surface area contributed by atoms with Gasteiger partial charge in [-0.2, -0.15) is 0 Å². The van der Waals surface area contributed by atoms with E-state index in [1.54, 1.807) is 0 Å². The third-order valence-electron chi connectivity index (χ3n) is 3.28. The predicted octanol–water partition coefficient (Wildman–Crippen LogP) is 3.41. The van der Waals surface area contributed by atoms with Gasteiger partial charge < -0.3 is 4.74 Å². The average molecular weight is 347 g/mol. The van der Waals surface area contributed by atoms with Gasteiger partial charge in [-0.05, 0) is 56.4 Å². The Morgan fingerprint density at radius 3 is 2.37 bits per heavy atom. The van der Waals surface area contributed by atoms with Gasteiger partial charge in [0.2, 0.25) is 0 Å². The molecule has 1 saturated carbocycles. The largest absolute Gasteiger partial charge is 0.494 e. The lowest BCUT2D eigenvalue weighted by Crippen LogP contribution is -2.14. The van der Waals surface area contributed by atoms with Gasteiger partial charge >= 0.3 is 0 Å². The third kappa shape index (κ3) is 3.96. The minimum Gasteiger partial charge on any atom is -0.494 e. The molecule has 5 heteroatoms. The maximum Gasteiger partial charge on any atom is 0.153 e. The summed E-state index contributed by atoms with van der Waals surface area (Å²) in [5.41, 5.74) is 2.25. The fourth-order valence-corrected chi connectivity index (χ4v) is 3.97. The van der Waals surface area contributed by atoms with E-state index in [4.69, 9.17) is 4.74 Å². The van der Waals surface area contributed by atoms with E-state index in [0.717, 1.165) is 34.2 Å². The van der Waals surface area contributed by atoms with E-state index >= 15 is 0 Å². The van der Waals surface area contributed by atoms with Gasteiger partial charge in [-0.1, -0.05) is 15.9 Å². The van der Waals surface area contributed by atoms with Gasteiger partial charge in [-0.25, -0.2) is 8.42 Å². The molecule has 106 valence electrons.